The molecule has 3 aromatic rings. The molecule has 37 heavy (non-hydrogen) atoms. The van der Waals surface area contributed by atoms with E-state index >= 15 is 0 Å². The second kappa shape index (κ2) is 11.9. The number of ether oxygens (including phenoxy) is 2. The predicted octanol–water partition coefficient (Wildman–Crippen LogP) is 6.31. The summed E-state index contributed by atoms with van der Waals surface area (Å²) in [6, 6.07) is 21.7. The van der Waals surface area contributed by atoms with E-state index in [4.69, 9.17) is 9.47 Å². The Morgan fingerprint density at radius 3 is 2.65 bits per heavy atom. The lowest BCUT2D eigenvalue weighted by Crippen LogP contribution is -2.23. The van der Waals surface area contributed by atoms with E-state index in [1.165, 1.54) is 16.7 Å². The Balaban J connectivity index is 1.56. The van der Waals surface area contributed by atoms with Gasteiger partial charge in [-0.25, -0.2) is 9.79 Å². The number of hydrogen-bond donors (Lipinski definition) is 0. The van der Waals surface area contributed by atoms with Gasteiger partial charge in [0.15, 0.2) is 5.17 Å². The molecular weight excluding hydrogens is 554 g/mol. The Morgan fingerprint density at radius 1 is 1.16 bits per heavy atom. The number of likely N-dealkylation sites (N-methyl/N-ethyl adjacent to an activating group) is 1. The third kappa shape index (κ3) is 6.28. The van der Waals surface area contributed by atoms with Gasteiger partial charge in [-0.3, -0.25) is 9.69 Å². The van der Waals surface area contributed by atoms with E-state index in [1.54, 1.807) is 50.4 Å². The van der Waals surface area contributed by atoms with Crippen LogP contribution >= 0.6 is 27.7 Å². The minimum Gasteiger partial charge on any atom is -0.488 e. The first-order valence-electron chi connectivity index (χ1n) is 11.3. The van der Waals surface area contributed by atoms with E-state index in [0.717, 1.165) is 10.0 Å². The molecule has 0 aromatic heterocycles. The summed E-state index contributed by atoms with van der Waals surface area (Å²) in [6.07, 6.45) is 1.77. The summed E-state index contributed by atoms with van der Waals surface area (Å²) < 4.78 is 11.9. The van der Waals surface area contributed by atoms with Crippen LogP contribution in [0.3, 0.4) is 0 Å². The molecule has 1 amide bonds. The van der Waals surface area contributed by atoms with Crippen molar-refractivity contribution in [2.75, 3.05) is 13.7 Å². The number of rotatable bonds is 7. The Kier molecular flexibility index (Phi) is 8.43. The van der Waals surface area contributed by atoms with Gasteiger partial charge in [0.25, 0.3) is 5.91 Å². The van der Waals surface area contributed by atoms with E-state index in [9.17, 15) is 14.9 Å². The van der Waals surface area contributed by atoms with Crippen LogP contribution in [0.4, 0.5) is 5.69 Å². The van der Waals surface area contributed by atoms with Crippen LogP contribution in [0.15, 0.2) is 81.1 Å². The molecule has 0 atom stereocenters. The zero-order valence-electron chi connectivity index (χ0n) is 20.1. The molecule has 0 radical (unpaired) electrons. The van der Waals surface area contributed by atoms with Gasteiger partial charge in [-0.05, 0) is 73.3 Å². The van der Waals surface area contributed by atoms with Crippen molar-refractivity contribution in [3.8, 4) is 11.8 Å². The molecule has 1 saturated heterocycles. The highest BCUT2D eigenvalue weighted by atomic mass is 79.9. The van der Waals surface area contributed by atoms with Crippen molar-refractivity contribution in [2.24, 2.45) is 4.99 Å². The molecule has 0 aliphatic carbocycles. The van der Waals surface area contributed by atoms with Gasteiger partial charge in [-0.1, -0.05) is 34.1 Å². The first-order chi connectivity index (χ1) is 17.9. The monoisotopic (exact) mass is 575 g/mol. The zero-order chi connectivity index (χ0) is 26.4. The lowest BCUT2D eigenvalue weighted by atomic mass is 10.1. The van der Waals surface area contributed by atoms with Crippen molar-refractivity contribution in [3.63, 3.8) is 0 Å². The highest BCUT2D eigenvalue weighted by molar-refractivity contribution is 9.10. The molecule has 1 aliphatic heterocycles. The second-order valence-electron chi connectivity index (χ2n) is 7.88. The molecule has 4 rings (SSSR count). The molecular formula is C28H22BrN3O4S. The number of thioether (sulfide) groups is 1. The number of halogens is 1. The fourth-order valence-corrected chi connectivity index (χ4v) is 4.82. The van der Waals surface area contributed by atoms with Crippen LogP contribution in [0.1, 0.15) is 34.0 Å². The molecule has 0 bridgehead atoms. The number of amidine groups is 1. The Labute approximate surface area is 227 Å². The molecule has 0 saturated carbocycles. The van der Waals surface area contributed by atoms with Crippen LogP contribution < -0.4 is 4.74 Å². The van der Waals surface area contributed by atoms with Crippen LogP contribution in [0.25, 0.3) is 6.08 Å². The van der Waals surface area contributed by atoms with E-state index in [0.29, 0.717) is 44.8 Å². The van der Waals surface area contributed by atoms with Crippen molar-refractivity contribution < 1.29 is 19.1 Å². The molecule has 0 spiro atoms. The van der Waals surface area contributed by atoms with Gasteiger partial charge >= 0.3 is 5.97 Å². The average Bonchev–Trinajstić information content (AvgIpc) is 3.16. The smallest absolute Gasteiger partial charge is 0.338 e. The lowest BCUT2D eigenvalue weighted by molar-refractivity contribution is -0.121. The predicted molar refractivity (Wildman–Crippen MR) is 147 cm³/mol. The Bertz CT molecular complexity index is 1440. The zero-order valence-corrected chi connectivity index (χ0v) is 22.5. The van der Waals surface area contributed by atoms with Crippen molar-refractivity contribution in [1.29, 1.82) is 5.26 Å². The number of carbonyl (C=O) groups is 2. The summed E-state index contributed by atoms with van der Waals surface area (Å²) >= 11 is 4.74. The maximum atomic E-state index is 13.0. The lowest BCUT2D eigenvalue weighted by Gasteiger charge is -2.11. The Hall–Kier alpha value is -3.87. The van der Waals surface area contributed by atoms with Crippen LogP contribution in [0.5, 0.6) is 5.75 Å². The highest BCUT2D eigenvalue weighted by Gasteiger charge is 2.30. The number of benzene rings is 3. The van der Waals surface area contributed by atoms with Gasteiger partial charge in [0, 0.05) is 22.6 Å². The van der Waals surface area contributed by atoms with Gasteiger partial charge in [-0.2, -0.15) is 5.26 Å². The summed E-state index contributed by atoms with van der Waals surface area (Å²) in [4.78, 5) is 31.4. The normalized spacial score (nSPS) is 15.2. The number of nitrogens with zero attached hydrogens (tertiary/aromatic N) is 3. The van der Waals surface area contributed by atoms with E-state index in [1.807, 2.05) is 36.4 Å². The quantitative estimate of drug-likeness (QED) is 0.242. The molecule has 3 aromatic carbocycles. The van der Waals surface area contributed by atoms with E-state index in [-0.39, 0.29) is 12.5 Å². The number of aliphatic imine (C=N–C) groups is 1. The molecule has 0 unspecified atom stereocenters. The summed E-state index contributed by atoms with van der Waals surface area (Å²) in [5, 5.41) is 9.86. The second-order valence-corrected chi connectivity index (χ2v) is 9.80. The van der Waals surface area contributed by atoms with Gasteiger partial charge in [0.1, 0.15) is 12.4 Å². The van der Waals surface area contributed by atoms with Gasteiger partial charge in [-0.15, -0.1) is 0 Å². The fraction of sp³-hybridized carbons (Fsp3) is 0.143. The minimum atomic E-state index is -0.391. The number of carbonyl (C=O) groups excluding carboxylic acids is 2. The van der Waals surface area contributed by atoms with E-state index < -0.39 is 5.97 Å². The molecule has 0 N–H and O–H groups in total. The minimum absolute atomic E-state index is 0.187. The van der Waals surface area contributed by atoms with Crippen molar-refractivity contribution >= 4 is 56.5 Å². The molecule has 9 heteroatoms. The first-order valence-corrected chi connectivity index (χ1v) is 12.9. The molecule has 186 valence electrons. The van der Waals surface area contributed by atoms with Crippen molar-refractivity contribution in [3.05, 3.63) is 98.4 Å². The summed E-state index contributed by atoms with van der Waals surface area (Å²) in [5.74, 6) is 0.00435. The van der Waals surface area contributed by atoms with Gasteiger partial charge in [0.2, 0.25) is 0 Å². The number of hydrogen-bond acceptors (Lipinski definition) is 7. The molecule has 1 aliphatic rings. The van der Waals surface area contributed by atoms with Gasteiger partial charge in [0.05, 0.1) is 34.4 Å². The molecule has 7 nitrogen and oxygen atoms in total. The summed E-state index contributed by atoms with van der Waals surface area (Å²) in [7, 11) is 1.67. The van der Waals surface area contributed by atoms with Crippen LogP contribution in [0.2, 0.25) is 0 Å². The molecule has 1 fully saturated rings. The van der Waals surface area contributed by atoms with Crippen LogP contribution in [0, 0.1) is 11.3 Å². The standard InChI is InChI=1S/C28H22BrN3O4S/c1-3-35-27(34)18-8-11-23(12-9-18)31-28-32(2)26(33)25(37-28)15-21-14-22(29)10-13-24(21)36-17-20-7-5-4-6-19(20)16-30/h4-15H,3,17H2,1-2H3/b25-15-,31-28?. The Morgan fingerprint density at radius 2 is 1.92 bits per heavy atom. The number of nitriles is 1. The SMILES string of the molecule is CCOC(=O)c1ccc(N=C2S/C(=C\c3cc(Br)ccc3OCc3ccccc3C#N)C(=O)N2C)cc1. The first kappa shape index (κ1) is 26.2. The van der Waals surface area contributed by atoms with Crippen molar-refractivity contribution in [2.45, 2.75) is 13.5 Å². The summed E-state index contributed by atoms with van der Waals surface area (Å²) in [6.45, 7) is 2.28. The number of amides is 1. The van der Waals surface area contributed by atoms with E-state index in [2.05, 4.69) is 27.0 Å². The fourth-order valence-electron chi connectivity index (χ4n) is 3.46. The maximum absolute atomic E-state index is 13.0. The number of esters is 1. The topological polar surface area (TPSA) is 92.0 Å². The maximum Gasteiger partial charge on any atom is 0.338 e. The molecule has 1 heterocycles. The van der Waals surface area contributed by atoms with Crippen molar-refractivity contribution in [1.82, 2.24) is 4.90 Å². The van der Waals surface area contributed by atoms with Gasteiger partial charge < -0.3 is 9.47 Å². The average molecular weight is 576 g/mol. The third-order valence-electron chi connectivity index (χ3n) is 5.39. The van der Waals surface area contributed by atoms with Crippen LogP contribution in [-0.4, -0.2) is 35.6 Å². The largest absolute Gasteiger partial charge is 0.488 e. The summed E-state index contributed by atoms with van der Waals surface area (Å²) in [5.41, 5.74) is 3.10. The third-order valence-corrected chi connectivity index (χ3v) is 6.94. The highest BCUT2D eigenvalue weighted by Crippen LogP contribution is 2.35. The van der Waals surface area contributed by atoms with Crippen LogP contribution in [-0.2, 0) is 16.1 Å².